The first-order chi connectivity index (χ1) is 21.7. The van der Waals surface area contributed by atoms with Gasteiger partial charge in [0.15, 0.2) is 6.29 Å². The highest BCUT2D eigenvalue weighted by molar-refractivity contribution is 5.92. The molecule has 0 bridgehead atoms. The van der Waals surface area contributed by atoms with Crippen LogP contribution in [0, 0.1) is 5.82 Å². The van der Waals surface area contributed by atoms with Crippen molar-refractivity contribution in [2.45, 2.75) is 45.6 Å². The molecule has 0 aliphatic heterocycles. The second kappa shape index (κ2) is 12.2. The standard InChI is InChI=1S/C35H35FN6O4/c1-34(2,3)46-23-11-12-30(38-18-23)39-28-17-27(40-41(7)32(28)44)24-9-8-10-29(25(24)19-43)42-14-13-21-15-22(35(4,5)20-37-6)16-26(36)31(21)33(42)45/h8-20H,1-7H3,(H,38,39)/b37-20+. The summed E-state index contributed by atoms with van der Waals surface area (Å²) in [5.41, 5.74) is -0.0931. The fraction of sp³-hybridized carbons (Fsp3) is 0.257. The largest absolute Gasteiger partial charge is 0.487 e. The van der Waals surface area contributed by atoms with Gasteiger partial charge in [-0.1, -0.05) is 26.0 Å². The first-order valence-corrected chi connectivity index (χ1v) is 14.6. The number of nitrogens with one attached hydrogen (secondary N) is 1. The number of rotatable bonds is 8. The van der Waals surface area contributed by atoms with Crippen molar-refractivity contribution in [3.8, 4) is 22.7 Å². The van der Waals surface area contributed by atoms with Crippen molar-refractivity contribution < 1.29 is 13.9 Å². The average Bonchev–Trinajstić information content (AvgIpc) is 2.99. The molecule has 1 N–H and O–H groups in total. The van der Waals surface area contributed by atoms with Gasteiger partial charge in [-0.2, -0.15) is 5.10 Å². The number of carbonyl (C=O) groups excluding carboxylic acids is 1. The third kappa shape index (κ3) is 6.35. The van der Waals surface area contributed by atoms with E-state index in [-0.39, 0.29) is 22.3 Å². The van der Waals surface area contributed by atoms with Crippen LogP contribution < -0.4 is 21.2 Å². The predicted octanol–water partition coefficient (Wildman–Crippen LogP) is 6.00. The molecule has 0 aliphatic carbocycles. The number of nitrogens with zero attached hydrogens (tertiary/aromatic N) is 5. The van der Waals surface area contributed by atoms with Crippen LogP contribution in [-0.4, -0.2) is 44.5 Å². The summed E-state index contributed by atoms with van der Waals surface area (Å²) in [6.07, 6.45) is 5.41. The molecule has 0 spiro atoms. The van der Waals surface area contributed by atoms with E-state index in [4.69, 9.17) is 4.74 Å². The van der Waals surface area contributed by atoms with E-state index in [2.05, 4.69) is 20.4 Å². The Morgan fingerprint density at radius 1 is 1.00 bits per heavy atom. The lowest BCUT2D eigenvalue weighted by molar-refractivity contribution is 0.112. The highest BCUT2D eigenvalue weighted by Gasteiger charge is 2.22. The number of aromatic nitrogens is 4. The molecule has 0 radical (unpaired) electrons. The van der Waals surface area contributed by atoms with Crippen molar-refractivity contribution in [3.05, 3.63) is 105 Å². The number of halogens is 1. The fourth-order valence-corrected chi connectivity index (χ4v) is 5.23. The number of hydrogen-bond acceptors (Lipinski definition) is 8. The molecule has 0 saturated carbocycles. The monoisotopic (exact) mass is 622 g/mol. The van der Waals surface area contributed by atoms with E-state index in [9.17, 15) is 14.4 Å². The van der Waals surface area contributed by atoms with Crippen LogP contribution in [0.1, 0.15) is 50.5 Å². The second-order valence-electron chi connectivity index (χ2n) is 12.5. The van der Waals surface area contributed by atoms with Gasteiger partial charge < -0.3 is 10.1 Å². The molecule has 236 valence electrons. The van der Waals surface area contributed by atoms with Gasteiger partial charge in [-0.3, -0.25) is 23.9 Å². The number of benzene rings is 2. The summed E-state index contributed by atoms with van der Waals surface area (Å²) >= 11 is 0. The average molecular weight is 623 g/mol. The van der Waals surface area contributed by atoms with Crippen LogP contribution in [0.4, 0.5) is 15.9 Å². The Kier molecular flexibility index (Phi) is 8.44. The summed E-state index contributed by atoms with van der Waals surface area (Å²) in [6, 6.07) is 14.6. The maximum absolute atomic E-state index is 15.5. The van der Waals surface area contributed by atoms with Crippen molar-refractivity contribution in [1.29, 1.82) is 0 Å². The molecule has 0 amide bonds. The number of anilines is 2. The second-order valence-corrected chi connectivity index (χ2v) is 12.5. The number of aliphatic imine (C=N–C) groups is 1. The van der Waals surface area contributed by atoms with Gasteiger partial charge in [0.25, 0.3) is 11.1 Å². The smallest absolute Gasteiger partial charge is 0.290 e. The minimum atomic E-state index is -0.671. The summed E-state index contributed by atoms with van der Waals surface area (Å²) in [7, 11) is 3.14. The molecule has 5 rings (SSSR count). The molecule has 0 saturated heterocycles. The van der Waals surface area contributed by atoms with Crippen molar-refractivity contribution in [3.63, 3.8) is 0 Å². The molecule has 0 unspecified atom stereocenters. The summed E-state index contributed by atoms with van der Waals surface area (Å²) in [5.74, 6) is 0.307. The Balaban J connectivity index is 1.57. The third-order valence-corrected chi connectivity index (χ3v) is 7.38. The highest BCUT2D eigenvalue weighted by Crippen LogP contribution is 2.30. The van der Waals surface area contributed by atoms with E-state index in [0.29, 0.717) is 40.1 Å². The minimum absolute atomic E-state index is 0.101. The normalized spacial score (nSPS) is 12.1. The molecule has 5 aromatic rings. The Hall–Kier alpha value is -5.45. The number of pyridine rings is 2. The zero-order valence-electron chi connectivity index (χ0n) is 26.8. The number of fused-ring (bicyclic) bond motifs is 1. The summed E-state index contributed by atoms with van der Waals surface area (Å²) in [4.78, 5) is 47.7. The summed E-state index contributed by atoms with van der Waals surface area (Å²) < 4.78 is 23.7. The van der Waals surface area contributed by atoms with E-state index in [1.54, 1.807) is 61.9 Å². The summed E-state index contributed by atoms with van der Waals surface area (Å²) in [6.45, 7) is 9.61. The SMILES string of the molecule is C/N=C/C(C)(C)c1cc(F)c2c(=O)n(-c3cccc(-c4cc(Nc5ccc(OC(C)(C)C)cn5)c(=O)n(C)n4)c3C=O)ccc2c1. The van der Waals surface area contributed by atoms with Crippen LogP contribution in [0.3, 0.4) is 0 Å². The van der Waals surface area contributed by atoms with E-state index >= 15 is 4.39 Å². The zero-order valence-corrected chi connectivity index (χ0v) is 26.8. The van der Waals surface area contributed by atoms with Gasteiger partial charge in [-0.25, -0.2) is 14.1 Å². The lowest BCUT2D eigenvalue weighted by Crippen LogP contribution is -2.24. The van der Waals surface area contributed by atoms with E-state index in [1.807, 2.05) is 34.6 Å². The van der Waals surface area contributed by atoms with Gasteiger partial charge >= 0.3 is 0 Å². The lowest BCUT2D eigenvalue weighted by Gasteiger charge is -2.21. The Morgan fingerprint density at radius 3 is 2.41 bits per heavy atom. The fourth-order valence-electron chi connectivity index (χ4n) is 5.23. The first-order valence-electron chi connectivity index (χ1n) is 14.6. The summed E-state index contributed by atoms with van der Waals surface area (Å²) in [5, 5.41) is 7.74. The number of carbonyl (C=O) groups is 1. The maximum Gasteiger partial charge on any atom is 0.290 e. The topological polar surface area (TPSA) is 120 Å². The van der Waals surface area contributed by atoms with Crippen LogP contribution in [0.25, 0.3) is 27.7 Å². The molecular formula is C35H35FN6O4. The third-order valence-electron chi connectivity index (χ3n) is 7.38. The molecule has 0 atom stereocenters. The van der Waals surface area contributed by atoms with E-state index < -0.39 is 28.0 Å². The van der Waals surface area contributed by atoms with Gasteiger partial charge in [0.05, 0.1) is 23.0 Å². The lowest BCUT2D eigenvalue weighted by atomic mass is 9.85. The van der Waals surface area contributed by atoms with Gasteiger partial charge in [0.1, 0.15) is 28.7 Å². The van der Waals surface area contributed by atoms with Crippen molar-refractivity contribution in [2.75, 3.05) is 12.4 Å². The molecule has 0 aliphatic rings. The molecule has 3 aromatic heterocycles. The van der Waals surface area contributed by atoms with Gasteiger partial charge in [0.2, 0.25) is 0 Å². The van der Waals surface area contributed by atoms with Crippen molar-refractivity contribution in [1.82, 2.24) is 19.3 Å². The predicted molar refractivity (Wildman–Crippen MR) is 179 cm³/mol. The van der Waals surface area contributed by atoms with Crippen LogP contribution in [0.2, 0.25) is 0 Å². The van der Waals surface area contributed by atoms with Crippen LogP contribution >= 0.6 is 0 Å². The van der Waals surface area contributed by atoms with Crippen LogP contribution in [0.15, 0.2) is 81.6 Å². The molecule has 10 nitrogen and oxygen atoms in total. The van der Waals surface area contributed by atoms with Crippen LogP contribution in [-0.2, 0) is 12.5 Å². The van der Waals surface area contributed by atoms with Gasteiger partial charge in [-0.15, -0.1) is 0 Å². The molecule has 3 heterocycles. The minimum Gasteiger partial charge on any atom is -0.487 e. The molecule has 0 fully saturated rings. The molecular weight excluding hydrogens is 587 g/mol. The highest BCUT2D eigenvalue weighted by atomic mass is 19.1. The van der Waals surface area contributed by atoms with E-state index in [0.717, 1.165) is 4.68 Å². The number of aldehydes is 1. The van der Waals surface area contributed by atoms with Crippen molar-refractivity contribution in [2.24, 2.45) is 12.0 Å². The van der Waals surface area contributed by atoms with Crippen LogP contribution in [0.5, 0.6) is 5.75 Å². The van der Waals surface area contributed by atoms with Gasteiger partial charge in [-0.05, 0) is 74.2 Å². The Morgan fingerprint density at radius 2 is 1.76 bits per heavy atom. The quantitative estimate of drug-likeness (QED) is 0.167. The van der Waals surface area contributed by atoms with Crippen molar-refractivity contribution >= 4 is 34.8 Å². The Bertz CT molecular complexity index is 2110. The number of hydrogen-bond donors (Lipinski definition) is 1. The number of ether oxygens (including phenoxy) is 1. The zero-order chi connectivity index (χ0) is 33.4. The molecule has 11 heteroatoms. The number of aryl methyl sites for hydroxylation is 1. The van der Waals surface area contributed by atoms with E-state index in [1.165, 1.54) is 29.9 Å². The Labute approximate surface area is 265 Å². The molecule has 46 heavy (non-hydrogen) atoms. The maximum atomic E-state index is 15.5. The first kappa shape index (κ1) is 32.0. The van der Waals surface area contributed by atoms with Gasteiger partial charge in [0, 0.05) is 43.0 Å². The molecule has 2 aromatic carbocycles.